The van der Waals surface area contributed by atoms with Crippen LogP contribution in [0.25, 0.3) is 11.1 Å². The number of phenolic OH excluding ortho intramolecular Hbond substituents is 2. The van der Waals surface area contributed by atoms with Gasteiger partial charge in [0, 0.05) is 23.1 Å². The Balaban J connectivity index is 2.35. The number of hydrogen-bond acceptors (Lipinski definition) is 3. The van der Waals surface area contributed by atoms with E-state index in [2.05, 4.69) is 11.8 Å². The van der Waals surface area contributed by atoms with Gasteiger partial charge < -0.3 is 10.2 Å². The van der Waals surface area contributed by atoms with Crippen molar-refractivity contribution in [2.24, 2.45) is 0 Å². The van der Waals surface area contributed by atoms with E-state index in [4.69, 9.17) is 0 Å². The van der Waals surface area contributed by atoms with Gasteiger partial charge in [0.05, 0.1) is 5.56 Å². The monoisotopic (exact) mass is 268 g/mol. The van der Waals surface area contributed by atoms with Gasteiger partial charge in [0.2, 0.25) is 0 Å². The second-order valence-electron chi connectivity index (χ2n) is 5.39. The third-order valence-electron chi connectivity index (χ3n) is 4.18. The van der Waals surface area contributed by atoms with Crippen LogP contribution in [0.3, 0.4) is 0 Å². The summed E-state index contributed by atoms with van der Waals surface area (Å²) in [5.41, 5.74) is 3.40. The van der Waals surface area contributed by atoms with Crippen LogP contribution in [0.15, 0.2) is 4.79 Å². The van der Waals surface area contributed by atoms with Crippen molar-refractivity contribution in [3.05, 3.63) is 32.5 Å². The number of benzene rings is 1. The summed E-state index contributed by atoms with van der Waals surface area (Å²) in [6.45, 7) is 3.49. The first kappa shape index (κ1) is 12.8. The van der Waals surface area contributed by atoms with Gasteiger partial charge in [0.1, 0.15) is 11.5 Å². The van der Waals surface area contributed by atoms with E-state index in [0.717, 1.165) is 31.2 Å². The molecule has 0 radical (unpaired) electrons. The molecule has 2 aromatic rings. The molecular formula is C17H16O3. The maximum atomic E-state index is 12.0. The molecule has 0 unspecified atom stereocenters. The SMILES string of the molecule is Cc1c(C)c(O)c2c(c1O)C#CCCCCc1c-2c1=O. The Hall–Kier alpha value is -2.21. The maximum Gasteiger partial charge on any atom is 0.190 e. The van der Waals surface area contributed by atoms with Crippen LogP contribution in [-0.2, 0) is 6.42 Å². The predicted octanol–water partition coefficient (Wildman–Crippen LogP) is 2.70. The molecule has 0 saturated carbocycles. The van der Waals surface area contributed by atoms with E-state index >= 15 is 0 Å². The third kappa shape index (κ3) is 1.72. The molecule has 0 aromatic heterocycles. The van der Waals surface area contributed by atoms with Crippen LogP contribution in [0.4, 0.5) is 0 Å². The molecular weight excluding hydrogens is 252 g/mol. The lowest BCUT2D eigenvalue weighted by Crippen LogP contribution is -1.93. The molecule has 0 spiro atoms. The van der Waals surface area contributed by atoms with E-state index in [1.807, 2.05) is 0 Å². The minimum absolute atomic E-state index is 0.00732. The number of hydrogen-bond donors (Lipinski definition) is 2. The molecule has 0 bridgehead atoms. The fraction of sp³-hybridized carbons (Fsp3) is 0.353. The van der Waals surface area contributed by atoms with Crippen molar-refractivity contribution in [1.82, 2.24) is 0 Å². The first-order valence-corrected chi connectivity index (χ1v) is 6.86. The maximum absolute atomic E-state index is 12.0. The van der Waals surface area contributed by atoms with Crippen molar-refractivity contribution in [2.45, 2.75) is 39.5 Å². The van der Waals surface area contributed by atoms with Crippen molar-refractivity contribution in [3.8, 4) is 34.5 Å². The average molecular weight is 268 g/mol. The van der Waals surface area contributed by atoms with Gasteiger partial charge in [-0.1, -0.05) is 11.8 Å². The lowest BCUT2D eigenvalue weighted by Gasteiger charge is -2.13. The Morgan fingerprint density at radius 1 is 1.00 bits per heavy atom. The van der Waals surface area contributed by atoms with Gasteiger partial charge in [-0.25, -0.2) is 0 Å². The summed E-state index contributed by atoms with van der Waals surface area (Å²) in [7, 11) is 0. The second-order valence-corrected chi connectivity index (χ2v) is 5.39. The Morgan fingerprint density at radius 3 is 2.45 bits per heavy atom. The molecule has 3 rings (SSSR count). The molecule has 0 aliphatic heterocycles. The standard InChI is InChI=1S/C17H16O3/c1-9-10(2)16(19)13-11(15(9)18)7-5-3-4-6-8-12-14(13)17(12)20/h18-19H,3-4,6,8H2,1-2H3. The minimum Gasteiger partial charge on any atom is -0.507 e. The van der Waals surface area contributed by atoms with Gasteiger partial charge in [0.25, 0.3) is 0 Å². The summed E-state index contributed by atoms with van der Waals surface area (Å²) in [5, 5.41) is 20.7. The number of aromatic hydroxyl groups is 2. The zero-order valence-corrected chi connectivity index (χ0v) is 11.6. The van der Waals surface area contributed by atoms with E-state index in [1.54, 1.807) is 13.8 Å². The summed E-state index contributed by atoms with van der Waals surface area (Å²) in [4.78, 5) is 12.0. The van der Waals surface area contributed by atoms with Gasteiger partial charge in [-0.05, 0) is 44.2 Å². The molecule has 1 aliphatic carbocycles. The molecule has 0 heterocycles. The van der Waals surface area contributed by atoms with Gasteiger partial charge in [0.15, 0.2) is 5.43 Å². The molecule has 102 valence electrons. The first-order valence-electron chi connectivity index (χ1n) is 6.86. The number of phenols is 2. The Labute approximate surface area is 117 Å². The van der Waals surface area contributed by atoms with Crippen molar-refractivity contribution in [3.63, 3.8) is 0 Å². The molecule has 0 saturated heterocycles. The van der Waals surface area contributed by atoms with E-state index in [-0.39, 0.29) is 16.9 Å². The Bertz CT molecular complexity index is 778. The Morgan fingerprint density at radius 2 is 1.70 bits per heavy atom. The average Bonchev–Trinajstić information content (AvgIpc) is 3.08. The van der Waals surface area contributed by atoms with Crippen LogP contribution in [0.1, 0.15) is 41.5 Å². The zero-order chi connectivity index (χ0) is 14.4. The smallest absolute Gasteiger partial charge is 0.190 e. The summed E-state index contributed by atoms with van der Waals surface area (Å²) in [5.74, 6) is 6.12. The molecule has 0 atom stereocenters. The highest BCUT2D eigenvalue weighted by atomic mass is 16.3. The summed E-state index contributed by atoms with van der Waals surface area (Å²) in [6.07, 6.45) is 3.36. The fourth-order valence-electron chi connectivity index (χ4n) is 2.71. The van der Waals surface area contributed by atoms with Crippen molar-refractivity contribution in [1.29, 1.82) is 0 Å². The Kier molecular flexibility index (Phi) is 2.83. The number of fused-ring (bicyclic) bond motifs is 3. The zero-order valence-electron chi connectivity index (χ0n) is 11.6. The lowest BCUT2D eigenvalue weighted by atomic mass is 9.94. The molecule has 0 fully saturated rings. The molecule has 20 heavy (non-hydrogen) atoms. The highest BCUT2D eigenvalue weighted by molar-refractivity contribution is 5.88. The molecule has 3 heteroatoms. The van der Waals surface area contributed by atoms with Crippen LogP contribution in [0.2, 0.25) is 0 Å². The number of rotatable bonds is 0. The minimum atomic E-state index is 0.00732. The van der Waals surface area contributed by atoms with Crippen LogP contribution in [0, 0.1) is 25.7 Å². The summed E-state index contributed by atoms with van der Waals surface area (Å²) < 4.78 is 0. The van der Waals surface area contributed by atoms with Crippen LogP contribution >= 0.6 is 0 Å². The van der Waals surface area contributed by atoms with Gasteiger partial charge >= 0.3 is 0 Å². The predicted molar refractivity (Wildman–Crippen MR) is 77.8 cm³/mol. The van der Waals surface area contributed by atoms with Crippen LogP contribution < -0.4 is 5.43 Å². The van der Waals surface area contributed by atoms with E-state index in [0.29, 0.717) is 27.8 Å². The molecule has 0 amide bonds. The van der Waals surface area contributed by atoms with Gasteiger partial charge in [-0.2, -0.15) is 0 Å². The third-order valence-corrected chi connectivity index (χ3v) is 4.18. The van der Waals surface area contributed by atoms with Crippen molar-refractivity contribution in [2.75, 3.05) is 0 Å². The van der Waals surface area contributed by atoms with Crippen LogP contribution in [-0.4, -0.2) is 10.2 Å². The van der Waals surface area contributed by atoms with Crippen molar-refractivity contribution < 1.29 is 10.2 Å². The quantitative estimate of drug-likeness (QED) is 0.570. The topological polar surface area (TPSA) is 57.5 Å². The molecule has 3 nitrogen and oxygen atoms in total. The van der Waals surface area contributed by atoms with E-state index in [1.165, 1.54) is 0 Å². The van der Waals surface area contributed by atoms with Gasteiger partial charge in [-0.15, -0.1) is 0 Å². The van der Waals surface area contributed by atoms with Crippen LogP contribution in [0.5, 0.6) is 11.5 Å². The van der Waals surface area contributed by atoms with E-state index < -0.39 is 0 Å². The largest absolute Gasteiger partial charge is 0.507 e. The molecule has 1 aliphatic rings. The second kappa shape index (κ2) is 4.42. The fourth-order valence-corrected chi connectivity index (χ4v) is 2.71. The molecule has 2 aromatic carbocycles. The summed E-state index contributed by atoms with van der Waals surface area (Å²) >= 11 is 0. The molecule has 2 N–H and O–H groups in total. The first-order chi connectivity index (χ1) is 9.54. The summed E-state index contributed by atoms with van der Waals surface area (Å²) in [6, 6.07) is 0. The van der Waals surface area contributed by atoms with Crippen molar-refractivity contribution >= 4 is 0 Å². The highest BCUT2D eigenvalue weighted by Crippen LogP contribution is 2.44. The highest BCUT2D eigenvalue weighted by Gasteiger charge is 2.30. The lowest BCUT2D eigenvalue weighted by molar-refractivity contribution is 0.453. The van der Waals surface area contributed by atoms with E-state index in [9.17, 15) is 15.0 Å². The van der Waals surface area contributed by atoms with Gasteiger partial charge in [-0.3, -0.25) is 4.79 Å². The normalized spacial score (nSPS) is 14.3.